The van der Waals surface area contributed by atoms with Gasteiger partial charge in [-0.05, 0) is 38.5 Å². The van der Waals surface area contributed by atoms with E-state index in [1.165, 1.54) is 6.08 Å². The highest BCUT2D eigenvalue weighted by molar-refractivity contribution is 6.37. The van der Waals surface area contributed by atoms with Gasteiger partial charge in [-0.3, -0.25) is 4.79 Å². The number of amides is 1. The summed E-state index contributed by atoms with van der Waals surface area (Å²) in [7, 11) is 0. The third-order valence-electron chi connectivity index (χ3n) is 2.60. The fourth-order valence-corrected chi connectivity index (χ4v) is 2.07. The molecule has 0 saturated heterocycles. The molecule has 5 heteroatoms. The second-order valence-electron chi connectivity index (χ2n) is 4.82. The van der Waals surface area contributed by atoms with E-state index in [1.807, 2.05) is 13.8 Å². The molecule has 0 fully saturated rings. The second-order valence-corrected chi connectivity index (χ2v) is 5.63. The Labute approximate surface area is 123 Å². The fourth-order valence-electron chi connectivity index (χ4n) is 1.55. The van der Waals surface area contributed by atoms with Crippen LogP contribution in [0.1, 0.15) is 25.8 Å². The Morgan fingerprint density at radius 2 is 1.95 bits per heavy atom. The topological polar surface area (TPSA) is 49.3 Å². The van der Waals surface area contributed by atoms with Crippen molar-refractivity contribution in [2.45, 2.75) is 25.8 Å². The van der Waals surface area contributed by atoms with Crippen molar-refractivity contribution in [3.05, 3.63) is 39.9 Å². The molecule has 0 unspecified atom stereocenters. The van der Waals surface area contributed by atoms with Crippen molar-refractivity contribution in [2.24, 2.45) is 0 Å². The van der Waals surface area contributed by atoms with Gasteiger partial charge in [-0.1, -0.05) is 29.3 Å². The van der Waals surface area contributed by atoms with E-state index in [0.29, 0.717) is 22.0 Å². The molecule has 1 rings (SSSR count). The van der Waals surface area contributed by atoms with Gasteiger partial charge < -0.3 is 10.4 Å². The van der Waals surface area contributed by atoms with Crippen LogP contribution in [-0.4, -0.2) is 23.2 Å². The van der Waals surface area contributed by atoms with Crippen molar-refractivity contribution in [3.8, 4) is 0 Å². The summed E-state index contributed by atoms with van der Waals surface area (Å²) < 4.78 is 0. The molecule has 0 aliphatic rings. The minimum absolute atomic E-state index is 0.0212. The van der Waals surface area contributed by atoms with Crippen LogP contribution in [0, 0.1) is 0 Å². The van der Waals surface area contributed by atoms with Gasteiger partial charge in [0.05, 0.1) is 0 Å². The number of rotatable bonds is 5. The lowest BCUT2D eigenvalue weighted by Gasteiger charge is -2.24. The first-order valence-corrected chi connectivity index (χ1v) is 6.66. The lowest BCUT2D eigenvalue weighted by Crippen LogP contribution is -2.43. The van der Waals surface area contributed by atoms with Crippen LogP contribution in [0.5, 0.6) is 0 Å². The van der Waals surface area contributed by atoms with Crippen molar-refractivity contribution in [2.75, 3.05) is 6.61 Å². The Bertz CT molecular complexity index is 464. The Hall–Kier alpha value is -1.03. The number of hydrogen-bond acceptors (Lipinski definition) is 2. The molecule has 3 nitrogen and oxygen atoms in total. The molecule has 0 aliphatic heterocycles. The van der Waals surface area contributed by atoms with Gasteiger partial charge in [-0.25, -0.2) is 0 Å². The molecule has 0 atom stereocenters. The van der Waals surface area contributed by atoms with Gasteiger partial charge in [-0.15, -0.1) is 0 Å². The number of hydrogen-bond donors (Lipinski definition) is 2. The van der Waals surface area contributed by atoms with Gasteiger partial charge in [0.25, 0.3) is 0 Å². The Morgan fingerprint density at radius 1 is 1.37 bits per heavy atom. The first kappa shape index (κ1) is 16.0. The zero-order valence-corrected chi connectivity index (χ0v) is 12.4. The predicted octanol–water partition coefficient (Wildman–Crippen LogP) is 3.28. The lowest BCUT2D eigenvalue weighted by molar-refractivity contribution is -0.118. The van der Waals surface area contributed by atoms with Gasteiger partial charge >= 0.3 is 0 Å². The van der Waals surface area contributed by atoms with Crippen LogP contribution in [0.4, 0.5) is 0 Å². The van der Waals surface area contributed by atoms with Gasteiger partial charge in [0.1, 0.15) is 0 Å². The van der Waals surface area contributed by atoms with Crippen molar-refractivity contribution < 1.29 is 9.90 Å². The maximum Gasteiger partial charge on any atom is 0.244 e. The van der Waals surface area contributed by atoms with Crippen molar-refractivity contribution in [3.63, 3.8) is 0 Å². The van der Waals surface area contributed by atoms with Gasteiger partial charge in [0.15, 0.2) is 0 Å². The van der Waals surface area contributed by atoms with E-state index < -0.39 is 5.54 Å². The summed E-state index contributed by atoms with van der Waals surface area (Å²) in [5.41, 5.74) is 0.154. The van der Waals surface area contributed by atoms with Crippen molar-refractivity contribution in [1.82, 2.24) is 5.32 Å². The van der Waals surface area contributed by atoms with Gasteiger partial charge in [0.2, 0.25) is 5.91 Å². The van der Waals surface area contributed by atoms with E-state index >= 15 is 0 Å². The standard InChI is InChI=1S/C14H17Cl2NO2/c1-14(2,8-9-18)17-13(19)7-6-10-11(15)4-3-5-12(10)16/h3-7,18H,8-9H2,1-2H3,(H,17,19)/b7-6+. The molecule has 1 aromatic carbocycles. The highest BCUT2D eigenvalue weighted by atomic mass is 35.5. The summed E-state index contributed by atoms with van der Waals surface area (Å²) in [6, 6.07) is 5.16. The maximum absolute atomic E-state index is 11.8. The summed E-state index contributed by atoms with van der Waals surface area (Å²) in [6.07, 6.45) is 3.45. The summed E-state index contributed by atoms with van der Waals surface area (Å²) in [4.78, 5) is 11.8. The highest BCUT2D eigenvalue weighted by Crippen LogP contribution is 2.25. The van der Waals surface area contributed by atoms with Crippen LogP contribution in [0.3, 0.4) is 0 Å². The first-order valence-electron chi connectivity index (χ1n) is 5.91. The molecule has 1 amide bonds. The third kappa shape index (κ3) is 5.23. The van der Waals surface area contributed by atoms with E-state index in [2.05, 4.69) is 5.32 Å². The minimum atomic E-state index is -0.458. The summed E-state index contributed by atoms with van der Waals surface area (Å²) in [6.45, 7) is 3.71. The van der Waals surface area contributed by atoms with Gasteiger partial charge in [-0.2, -0.15) is 0 Å². The fraction of sp³-hybridized carbons (Fsp3) is 0.357. The zero-order chi connectivity index (χ0) is 14.5. The lowest BCUT2D eigenvalue weighted by atomic mass is 10.0. The molecule has 1 aromatic rings. The molecule has 2 N–H and O–H groups in total. The van der Waals surface area contributed by atoms with Crippen LogP contribution in [0.2, 0.25) is 10.0 Å². The van der Waals surface area contributed by atoms with Crippen LogP contribution < -0.4 is 5.32 Å². The van der Waals surface area contributed by atoms with Gasteiger partial charge in [0, 0.05) is 33.8 Å². The van der Waals surface area contributed by atoms with Crippen LogP contribution in [0.15, 0.2) is 24.3 Å². The Kier molecular flexibility index (Phi) is 5.85. The monoisotopic (exact) mass is 301 g/mol. The smallest absolute Gasteiger partial charge is 0.244 e. The highest BCUT2D eigenvalue weighted by Gasteiger charge is 2.18. The number of benzene rings is 1. The summed E-state index contributed by atoms with van der Waals surface area (Å²) in [5, 5.41) is 12.7. The molecule has 0 radical (unpaired) electrons. The number of nitrogens with one attached hydrogen (secondary N) is 1. The molecule has 0 saturated carbocycles. The number of carbonyl (C=O) groups excluding carboxylic acids is 1. The number of aliphatic hydroxyl groups excluding tert-OH is 1. The Morgan fingerprint density at radius 3 is 2.47 bits per heavy atom. The quantitative estimate of drug-likeness (QED) is 0.820. The van der Waals surface area contributed by atoms with E-state index in [0.717, 1.165) is 0 Å². The number of carbonyl (C=O) groups is 1. The summed E-state index contributed by atoms with van der Waals surface area (Å²) >= 11 is 12.0. The molecule has 19 heavy (non-hydrogen) atoms. The molecular weight excluding hydrogens is 285 g/mol. The number of halogens is 2. The predicted molar refractivity (Wildman–Crippen MR) is 79.4 cm³/mol. The maximum atomic E-state index is 11.8. The molecule has 104 valence electrons. The van der Waals surface area contributed by atoms with Crippen LogP contribution in [0.25, 0.3) is 6.08 Å². The van der Waals surface area contributed by atoms with E-state index in [4.69, 9.17) is 28.3 Å². The second kappa shape index (κ2) is 6.94. The molecule has 0 heterocycles. The molecule has 0 spiro atoms. The largest absolute Gasteiger partial charge is 0.396 e. The molecule has 0 aliphatic carbocycles. The number of aliphatic hydroxyl groups is 1. The van der Waals surface area contributed by atoms with Crippen LogP contribution in [-0.2, 0) is 4.79 Å². The average molecular weight is 302 g/mol. The van der Waals surface area contributed by atoms with E-state index in [9.17, 15) is 4.79 Å². The van der Waals surface area contributed by atoms with E-state index in [1.54, 1.807) is 24.3 Å². The van der Waals surface area contributed by atoms with Crippen LogP contribution >= 0.6 is 23.2 Å². The summed E-state index contributed by atoms with van der Waals surface area (Å²) in [5.74, 6) is -0.255. The third-order valence-corrected chi connectivity index (χ3v) is 3.26. The first-order chi connectivity index (χ1) is 8.85. The van der Waals surface area contributed by atoms with Crippen molar-refractivity contribution >= 4 is 35.2 Å². The molecule has 0 aromatic heterocycles. The molecular formula is C14H17Cl2NO2. The zero-order valence-electron chi connectivity index (χ0n) is 10.9. The minimum Gasteiger partial charge on any atom is -0.396 e. The molecule has 0 bridgehead atoms. The normalized spacial score (nSPS) is 11.8. The van der Waals surface area contributed by atoms with Crippen molar-refractivity contribution in [1.29, 1.82) is 0 Å². The van der Waals surface area contributed by atoms with E-state index in [-0.39, 0.29) is 12.5 Å². The average Bonchev–Trinajstić information content (AvgIpc) is 2.27. The SMILES string of the molecule is CC(C)(CCO)NC(=O)/C=C/c1c(Cl)cccc1Cl. The Balaban J connectivity index is 2.74.